The Kier molecular flexibility index (Phi) is 5.56. The van der Waals surface area contributed by atoms with E-state index in [2.05, 4.69) is 42.4 Å². The Labute approximate surface area is 144 Å². The van der Waals surface area contributed by atoms with Crippen molar-refractivity contribution in [3.8, 4) is 0 Å². The molecule has 0 aliphatic heterocycles. The Hall–Kier alpha value is -1.17. The maximum absolute atomic E-state index is 11.8. The fraction of sp³-hybridized carbons (Fsp3) is 0.0667. The molecule has 1 N–H and O–H groups in total. The molecule has 0 radical (unpaired) electrons. The van der Waals surface area contributed by atoms with Crippen LogP contribution in [0.5, 0.6) is 0 Å². The molecule has 0 saturated heterocycles. The maximum atomic E-state index is 11.8. The van der Waals surface area contributed by atoms with E-state index in [1.54, 1.807) is 30.5 Å². The van der Waals surface area contributed by atoms with Gasteiger partial charge >= 0.3 is 0 Å². The van der Waals surface area contributed by atoms with Crippen LogP contribution < -0.4 is 5.43 Å². The van der Waals surface area contributed by atoms with Gasteiger partial charge in [0.15, 0.2) is 0 Å². The first-order valence-corrected chi connectivity index (χ1v) is 7.98. The van der Waals surface area contributed by atoms with Gasteiger partial charge in [-0.15, -0.1) is 0 Å². The van der Waals surface area contributed by atoms with Gasteiger partial charge in [-0.05, 0) is 54.4 Å². The number of hydrogen-bond acceptors (Lipinski definition) is 2. The highest BCUT2D eigenvalue weighted by Crippen LogP contribution is 2.25. The lowest BCUT2D eigenvalue weighted by Gasteiger charge is -2.03. The van der Waals surface area contributed by atoms with Gasteiger partial charge < -0.3 is 0 Å². The lowest BCUT2D eigenvalue weighted by atomic mass is 10.2. The van der Waals surface area contributed by atoms with E-state index in [-0.39, 0.29) is 5.91 Å². The average Bonchev–Trinajstić information content (AvgIpc) is 2.45. The second-order valence-electron chi connectivity index (χ2n) is 4.32. The molecule has 108 valence electrons. The Balaban J connectivity index is 2.05. The van der Waals surface area contributed by atoms with Crippen LogP contribution in [0.1, 0.15) is 21.5 Å². The van der Waals surface area contributed by atoms with Crippen molar-refractivity contribution < 1.29 is 4.79 Å². The van der Waals surface area contributed by atoms with Crippen LogP contribution in [0, 0.1) is 6.92 Å². The normalized spacial score (nSPS) is 10.9. The molecule has 0 atom stereocenters. The summed E-state index contributed by atoms with van der Waals surface area (Å²) in [6.45, 7) is 2.00. The monoisotopic (exact) mass is 428 g/mol. The number of rotatable bonds is 3. The first kappa shape index (κ1) is 16.2. The van der Waals surface area contributed by atoms with Gasteiger partial charge in [0.1, 0.15) is 0 Å². The van der Waals surface area contributed by atoms with Gasteiger partial charge in [0.2, 0.25) is 0 Å². The summed E-state index contributed by atoms with van der Waals surface area (Å²) in [7, 11) is 0. The van der Waals surface area contributed by atoms with Crippen molar-refractivity contribution in [2.45, 2.75) is 6.92 Å². The Morgan fingerprint density at radius 1 is 1.19 bits per heavy atom. The van der Waals surface area contributed by atoms with E-state index in [1.807, 2.05) is 19.1 Å². The summed E-state index contributed by atoms with van der Waals surface area (Å²) >= 11 is 12.7. The number of carbonyl (C=O) groups is 1. The van der Waals surface area contributed by atoms with Crippen LogP contribution in [0.25, 0.3) is 0 Å². The first-order chi connectivity index (χ1) is 9.97. The zero-order valence-electron chi connectivity index (χ0n) is 11.0. The molecule has 0 aromatic heterocycles. The predicted molar refractivity (Wildman–Crippen MR) is 93.1 cm³/mol. The summed E-state index contributed by atoms with van der Waals surface area (Å²) in [4.78, 5) is 11.8. The summed E-state index contributed by atoms with van der Waals surface area (Å²) in [6, 6.07) is 10.5. The summed E-state index contributed by atoms with van der Waals surface area (Å²) in [5.74, 6) is -0.284. The molecular formula is C15H11Br2ClN2O. The number of carbonyl (C=O) groups excluding carboxylic acids is 1. The fourth-order valence-electron chi connectivity index (χ4n) is 1.57. The third-order valence-electron chi connectivity index (χ3n) is 2.79. The Morgan fingerprint density at radius 2 is 1.76 bits per heavy atom. The van der Waals surface area contributed by atoms with E-state index in [0.717, 1.165) is 20.1 Å². The van der Waals surface area contributed by atoms with Gasteiger partial charge in [-0.25, -0.2) is 5.43 Å². The third kappa shape index (κ3) is 4.40. The molecule has 6 heteroatoms. The zero-order valence-corrected chi connectivity index (χ0v) is 15.0. The standard InChI is InChI=1S/C15H11Br2ClN2O/c1-9-13(16)6-10(7-14(9)17)8-19-20-15(21)11-2-4-12(18)5-3-11/h2-8H,1H3,(H,20,21)/b19-8+. The van der Waals surface area contributed by atoms with E-state index < -0.39 is 0 Å². The maximum Gasteiger partial charge on any atom is 0.271 e. The van der Waals surface area contributed by atoms with Crippen LogP contribution in [0.2, 0.25) is 5.02 Å². The van der Waals surface area contributed by atoms with Crippen molar-refractivity contribution in [1.82, 2.24) is 5.43 Å². The molecule has 2 aromatic rings. The highest BCUT2D eigenvalue weighted by molar-refractivity contribution is 9.11. The minimum Gasteiger partial charge on any atom is -0.267 e. The largest absolute Gasteiger partial charge is 0.271 e. The van der Waals surface area contributed by atoms with Crippen LogP contribution in [-0.4, -0.2) is 12.1 Å². The number of benzene rings is 2. The van der Waals surface area contributed by atoms with Gasteiger partial charge in [0, 0.05) is 19.5 Å². The number of hydrazone groups is 1. The number of nitrogens with one attached hydrogen (secondary N) is 1. The van der Waals surface area contributed by atoms with E-state index in [4.69, 9.17) is 11.6 Å². The molecule has 3 nitrogen and oxygen atoms in total. The summed E-state index contributed by atoms with van der Waals surface area (Å²) in [5.41, 5.74) is 4.96. The topological polar surface area (TPSA) is 41.5 Å². The molecule has 2 rings (SSSR count). The Morgan fingerprint density at radius 3 is 2.33 bits per heavy atom. The molecule has 0 fully saturated rings. The molecule has 1 amide bonds. The second-order valence-corrected chi connectivity index (χ2v) is 6.46. The minimum atomic E-state index is -0.284. The van der Waals surface area contributed by atoms with Crippen molar-refractivity contribution in [1.29, 1.82) is 0 Å². The van der Waals surface area contributed by atoms with Crippen molar-refractivity contribution in [2.24, 2.45) is 5.10 Å². The van der Waals surface area contributed by atoms with Crippen molar-refractivity contribution >= 4 is 55.6 Å². The van der Waals surface area contributed by atoms with E-state index in [1.165, 1.54) is 0 Å². The molecule has 0 saturated carbocycles. The van der Waals surface area contributed by atoms with E-state index in [0.29, 0.717) is 10.6 Å². The van der Waals surface area contributed by atoms with Crippen LogP contribution in [0.4, 0.5) is 0 Å². The smallest absolute Gasteiger partial charge is 0.267 e. The first-order valence-electron chi connectivity index (χ1n) is 6.02. The quantitative estimate of drug-likeness (QED) is 0.544. The van der Waals surface area contributed by atoms with Crippen LogP contribution in [-0.2, 0) is 0 Å². The van der Waals surface area contributed by atoms with E-state index in [9.17, 15) is 4.79 Å². The molecule has 21 heavy (non-hydrogen) atoms. The number of amides is 1. The molecule has 2 aromatic carbocycles. The number of hydrogen-bond donors (Lipinski definition) is 1. The summed E-state index contributed by atoms with van der Waals surface area (Å²) < 4.78 is 1.95. The average molecular weight is 431 g/mol. The molecule has 0 heterocycles. The molecule has 0 aliphatic rings. The Bertz CT molecular complexity index is 676. The second kappa shape index (κ2) is 7.20. The molecular weight excluding hydrogens is 419 g/mol. The molecule has 0 spiro atoms. The number of halogens is 3. The van der Waals surface area contributed by atoms with Gasteiger partial charge in [0.05, 0.1) is 6.21 Å². The molecule has 0 unspecified atom stereocenters. The van der Waals surface area contributed by atoms with Gasteiger partial charge in [-0.1, -0.05) is 43.5 Å². The zero-order chi connectivity index (χ0) is 15.4. The highest BCUT2D eigenvalue weighted by atomic mass is 79.9. The van der Waals surface area contributed by atoms with Crippen molar-refractivity contribution in [3.63, 3.8) is 0 Å². The molecule has 0 bridgehead atoms. The highest BCUT2D eigenvalue weighted by Gasteiger charge is 2.04. The SMILES string of the molecule is Cc1c(Br)cc(/C=N/NC(=O)c2ccc(Cl)cc2)cc1Br. The molecule has 0 aliphatic carbocycles. The van der Waals surface area contributed by atoms with Crippen molar-refractivity contribution in [3.05, 3.63) is 67.1 Å². The fourth-order valence-corrected chi connectivity index (χ4v) is 2.92. The lowest BCUT2D eigenvalue weighted by molar-refractivity contribution is 0.0955. The van der Waals surface area contributed by atoms with Crippen molar-refractivity contribution in [2.75, 3.05) is 0 Å². The van der Waals surface area contributed by atoms with Crippen LogP contribution in [0.15, 0.2) is 50.4 Å². The van der Waals surface area contributed by atoms with E-state index >= 15 is 0 Å². The summed E-state index contributed by atoms with van der Waals surface area (Å²) in [6.07, 6.45) is 1.59. The predicted octanol–water partition coefficient (Wildman–Crippen LogP) is 4.94. The van der Waals surface area contributed by atoms with Crippen LogP contribution >= 0.6 is 43.5 Å². The van der Waals surface area contributed by atoms with Gasteiger partial charge in [-0.2, -0.15) is 5.10 Å². The number of nitrogens with zero attached hydrogens (tertiary/aromatic N) is 1. The third-order valence-corrected chi connectivity index (χ3v) is 4.69. The minimum absolute atomic E-state index is 0.284. The lowest BCUT2D eigenvalue weighted by Crippen LogP contribution is -2.17. The summed E-state index contributed by atoms with van der Waals surface area (Å²) in [5, 5.41) is 4.54. The van der Waals surface area contributed by atoms with Gasteiger partial charge in [0.25, 0.3) is 5.91 Å². The van der Waals surface area contributed by atoms with Gasteiger partial charge in [-0.3, -0.25) is 4.79 Å². The van der Waals surface area contributed by atoms with Crippen LogP contribution in [0.3, 0.4) is 0 Å².